The smallest absolute Gasteiger partial charge is 0.151 e. The molecule has 1 heterocycles. The molecule has 0 saturated carbocycles. The maximum absolute atomic E-state index is 10.6. The fraction of sp³-hybridized carbons (Fsp3) is 0.0769. The highest BCUT2D eigenvalue weighted by Crippen LogP contribution is 2.21. The van der Waals surface area contributed by atoms with Crippen molar-refractivity contribution in [2.75, 3.05) is 7.11 Å². The largest absolute Gasteiger partial charge is 0.497 e. The van der Waals surface area contributed by atoms with E-state index in [1.165, 1.54) is 0 Å². The van der Waals surface area contributed by atoms with Gasteiger partial charge in [0.1, 0.15) is 5.75 Å². The molecule has 0 aliphatic carbocycles. The Labute approximate surface area is 93.7 Å². The number of rotatable bonds is 3. The lowest BCUT2D eigenvalue weighted by Crippen LogP contribution is -1.86. The van der Waals surface area contributed by atoms with Gasteiger partial charge in [0, 0.05) is 23.5 Å². The van der Waals surface area contributed by atoms with E-state index in [1.54, 1.807) is 19.5 Å². The zero-order valence-electron chi connectivity index (χ0n) is 8.88. The number of hydrogen-bond donors (Lipinski definition) is 0. The van der Waals surface area contributed by atoms with Crippen LogP contribution in [0.4, 0.5) is 0 Å². The minimum atomic E-state index is 0.577. The molecule has 2 rings (SSSR count). The van der Waals surface area contributed by atoms with E-state index in [0.29, 0.717) is 5.56 Å². The number of aromatic nitrogens is 1. The first-order chi connectivity index (χ1) is 7.83. The molecule has 0 N–H and O–H groups in total. The maximum Gasteiger partial charge on any atom is 0.151 e. The number of benzene rings is 1. The molecule has 0 fully saturated rings. The van der Waals surface area contributed by atoms with Crippen molar-refractivity contribution in [2.24, 2.45) is 0 Å². The molecule has 3 heteroatoms. The number of ether oxygens (including phenoxy) is 1. The lowest BCUT2D eigenvalue weighted by Gasteiger charge is -2.03. The first-order valence-corrected chi connectivity index (χ1v) is 4.88. The van der Waals surface area contributed by atoms with Gasteiger partial charge in [0.15, 0.2) is 6.29 Å². The lowest BCUT2D eigenvalue weighted by atomic mass is 10.1. The summed E-state index contributed by atoms with van der Waals surface area (Å²) in [6.45, 7) is 0. The molecule has 1 aromatic carbocycles. The Hall–Kier alpha value is -2.16. The summed E-state index contributed by atoms with van der Waals surface area (Å²) in [6.07, 6.45) is 4.06. The second kappa shape index (κ2) is 4.57. The van der Waals surface area contributed by atoms with Crippen molar-refractivity contribution in [3.8, 4) is 16.9 Å². The SMILES string of the molecule is COc1ccc(-c2cncc(C=O)c2)cc1. The number of aldehydes is 1. The second-order valence-corrected chi connectivity index (χ2v) is 3.35. The Bertz CT molecular complexity index is 492. The highest BCUT2D eigenvalue weighted by Gasteiger charge is 2.00. The van der Waals surface area contributed by atoms with Crippen LogP contribution in [0.15, 0.2) is 42.7 Å². The van der Waals surface area contributed by atoms with Gasteiger partial charge in [-0.3, -0.25) is 9.78 Å². The molecule has 80 valence electrons. The summed E-state index contributed by atoms with van der Waals surface area (Å²) in [5.41, 5.74) is 2.51. The van der Waals surface area contributed by atoms with Crippen molar-refractivity contribution < 1.29 is 9.53 Å². The minimum Gasteiger partial charge on any atom is -0.497 e. The first kappa shape index (κ1) is 10.4. The van der Waals surface area contributed by atoms with Crippen LogP contribution in [0, 0.1) is 0 Å². The summed E-state index contributed by atoms with van der Waals surface area (Å²) >= 11 is 0. The quantitative estimate of drug-likeness (QED) is 0.735. The Morgan fingerprint density at radius 2 is 1.88 bits per heavy atom. The predicted octanol–water partition coefficient (Wildman–Crippen LogP) is 2.57. The van der Waals surface area contributed by atoms with Crippen LogP contribution in [0.25, 0.3) is 11.1 Å². The van der Waals surface area contributed by atoms with Gasteiger partial charge in [-0.05, 0) is 23.8 Å². The Kier molecular flexibility index (Phi) is 2.96. The van der Waals surface area contributed by atoms with Crippen molar-refractivity contribution in [2.45, 2.75) is 0 Å². The van der Waals surface area contributed by atoms with Gasteiger partial charge >= 0.3 is 0 Å². The van der Waals surface area contributed by atoms with Gasteiger partial charge in [-0.25, -0.2) is 0 Å². The predicted molar refractivity (Wildman–Crippen MR) is 61.6 cm³/mol. The second-order valence-electron chi connectivity index (χ2n) is 3.35. The fourth-order valence-corrected chi connectivity index (χ4v) is 1.46. The highest BCUT2D eigenvalue weighted by molar-refractivity contribution is 5.77. The van der Waals surface area contributed by atoms with Crippen LogP contribution in [0.1, 0.15) is 10.4 Å². The maximum atomic E-state index is 10.6. The van der Waals surface area contributed by atoms with E-state index in [2.05, 4.69) is 4.98 Å². The van der Waals surface area contributed by atoms with Crippen LogP contribution in [0.2, 0.25) is 0 Å². The Morgan fingerprint density at radius 3 is 2.50 bits per heavy atom. The molecule has 0 saturated heterocycles. The summed E-state index contributed by atoms with van der Waals surface area (Å²) in [5.74, 6) is 0.809. The molecule has 2 aromatic rings. The number of pyridine rings is 1. The van der Waals surface area contributed by atoms with E-state index in [0.717, 1.165) is 23.2 Å². The van der Waals surface area contributed by atoms with E-state index in [9.17, 15) is 4.79 Å². The third-order valence-corrected chi connectivity index (χ3v) is 2.32. The van der Waals surface area contributed by atoms with Crippen LogP contribution in [0.5, 0.6) is 5.75 Å². The summed E-state index contributed by atoms with van der Waals surface area (Å²) in [5, 5.41) is 0. The van der Waals surface area contributed by atoms with Crippen molar-refractivity contribution in [1.82, 2.24) is 4.98 Å². The average Bonchev–Trinajstić information content (AvgIpc) is 2.39. The van der Waals surface area contributed by atoms with Crippen molar-refractivity contribution >= 4 is 6.29 Å². The van der Waals surface area contributed by atoms with E-state index in [-0.39, 0.29) is 0 Å². The molecule has 0 amide bonds. The van der Waals surface area contributed by atoms with Crippen molar-refractivity contribution in [3.63, 3.8) is 0 Å². The minimum absolute atomic E-state index is 0.577. The molecule has 0 unspecified atom stereocenters. The number of methoxy groups -OCH3 is 1. The van der Waals surface area contributed by atoms with Gasteiger partial charge in [0.05, 0.1) is 7.11 Å². The Balaban J connectivity index is 2.38. The molecule has 0 radical (unpaired) electrons. The third-order valence-electron chi connectivity index (χ3n) is 2.32. The van der Waals surface area contributed by atoms with E-state index >= 15 is 0 Å². The van der Waals surface area contributed by atoms with Gasteiger partial charge in [-0.15, -0.1) is 0 Å². The van der Waals surface area contributed by atoms with Gasteiger partial charge in [-0.2, -0.15) is 0 Å². The monoisotopic (exact) mass is 213 g/mol. The zero-order chi connectivity index (χ0) is 11.4. The van der Waals surface area contributed by atoms with Crippen LogP contribution < -0.4 is 4.74 Å². The third kappa shape index (κ3) is 2.08. The number of carbonyl (C=O) groups is 1. The number of carbonyl (C=O) groups excluding carboxylic acids is 1. The standard InChI is InChI=1S/C13H11NO2/c1-16-13-4-2-11(3-5-13)12-6-10(9-15)7-14-8-12/h2-9H,1H3. The zero-order valence-corrected chi connectivity index (χ0v) is 8.88. The molecule has 0 aliphatic rings. The molecular weight excluding hydrogens is 202 g/mol. The van der Waals surface area contributed by atoms with Crippen molar-refractivity contribution in [3.05, 3.63) is 48.3 Å². The molecule has 3 nitrogen and oxygen atoms in total. The van der Waals surface area contributed by atoms with Gasteiger partial charge in [-0.1, -0.05) is 12.1 Å². The highest BCUT2D eigenvalue weighted by atomic mass is 16.5. The van der Waals surface area contributed by atoms with E-state index in [4.69, 9.17) is 4.74 Å². The van der Waals surface area contributed by atoms with Gasteiger partial charge in [0.2, 0.25) is 0 Å². The topological polar surface area (TPSA) is 39.2 Å². The number of nitrogens with zero attached hydrogens (tertiary/aromatic N) is 1. The molecule has 0 aliphatic heterocycles. The molecule has 16 heavy (non-hydrogen) atoms. The van der Waals surface area contributed by atoms with Gasteiger partial charge in [0.25, 0.3) is 0 Å². The molecule has 1 aromatic heterocycles. The first-order valence-electron chi connectivity index (χ1n) is 4.88. The average molecular weight is 213 g/mol. The van der Waals surface area contributed by atoms with Gasteiger partial charge < -0.3 is 4.74 Å². The number of hydrogen-bond acceptors (Lipinski definition) is 3. The lowest BCUT2D eigenvalue weighted by molar-refractivity contribution is 0.112. The fourth-order valence-electron chi connectivity index (χ4n) is 1.46. The Morgan fingerprint density at radius 1 is 1.12 bits per heavy atom. The van der Waals surface area contributed by atoms with Crippen LogP contribution in [0.3, 0.4) is 0 Å². The van der Waals surface area contributed by atoms with E-state index < -0.39 is 0 Å². The van der Waals surface area contributed by atoms with Crippen LogP contribution in [-0.4, -0.2) is 18.4 Å². The summed E-state index contributed by atoms with van der Waals surface area (Å²) in [6, 6.07) is 9.43. The normalized spacial score (nSPS) is 9.81. The molecular formula is C13H11NO2. The summed E-state index contributed by atoms with van der Waals surface area (Å²) < 4.78 is 5.08. The van der Waals surface area contributed by atoms with Crippen LogP contribution >= 0.6 is 0 Å². The molecule has 0 spiro atoms. The van der Waals surface area contributed by atoms with E-state index in [1.807, 2.05) is 30.3 Å². The molecule has 0 bridgehead atoms. The van der Waals surface area contributed by atoms with Crippen LogP contribution in [-0.2, 0) is 0 Å². The summed E-state index contributed by atoms with van der Waals surface area (Å²) in [4.78, 5) is 14.6. The molecule has 0 atom stereocenters. The van der Waals surface area contributed by atoms with Crippen molar-refractivity contribution in [1.29, 1.82) is 0 Å². The summed E-state index contributed by atoms with van der Waals surface area (Å²) in [7, 11) is 1.63.